The van der Waals surface area contributed by atoms with Crippen LogP contribution in [0.4, 0.5) is 13.2 Å². The third kappa shape index (κ3) is 6.21. The molecule has 0 aliphatic carbocycles. The van der Waals surface area contributed by atoms with E-state index in [1.54, 1.807) is 21.7 Å². The largest absolute Gasteiger partial charge is 0.573 e. The Hall–Kier alpha value is -2.29. The number of piperazine rings is 1. The first-order chi connectivity index (χ1) is 12.1. The standard InChI is InChI=1S/C17H22F3N3O3/c1-13(24)22-7-9-23(10-8-22)16(25)12-21(2)11-14-3-5-15(6-4-14)26-17(18,19)20/h3-6H,7-12H2,1-2H3. The van der Waals surface area contributed by atoms with Gasteiger partial charge in [0, 0.05) is 39.6 Å². The molecule has 1 aromatic carbocycles. The highest BCUT2D eigenvalue weighted by Gasteiger charge is 2.31. The molecule has 0 saturated carbocycles. The van der Waals surface area contributed by atoms with Gasteiger partial charge in [-0.15, -0.1) is 13.2 Å². The summed E-state index contributed by atoms with van der Waals surface area (Å²) in [5.74, 6) is -0.303. The van der Waals surface area contributed by atoms with Crippen LogP contribution in [-0.4, -0.2) is 72.6 Å². The van der Waals surface area contributed by atoms with E-state index in [1.165, 1.54) is 31.2 Å². The summed E-state index contributed by atoms with van der Waals surface area (Å²) in [6.45, 7) is 4.21. The van der Waals surface area contributed by atoms with Gasteiger partial charge in [-0.05, 0) is 24.7 Å². The van der Waals surface area contributed by atoms with Crippen LogP contribution >= 0.6 is 0 Å². The third-order valence-corrected chi connectivity index (χ3v) is 4.09. The van der Waals surface area contributed by atoms with Gasteiger partial charge in [0.25, 0.3) is 0 Å². The third-order valence-electron chi connectivity index (χ3n) is 4.09. The number of amides is 2. The minimum atomic E-state index is -4.71. The molecule has 144 valence electrons. The number of alkyl halides is 3. The van der Waals surface area contributed by atoms with E-state index in [4.69, 9.17) is 0 Å². The average molecular weight is 373 g/mol. The summed E-state index contributed by atoms with van der Waals surface area (Å²) in [6, 6.07) is 5.57. The molecule has 0 radical (unpaired) electrons. The van der Waals surface area contributed by atoms with Gasteiger partial charge in [-0.25, -0.2) is 0 Å². The topological polar surface area (TPSA) is 53.1 Å². The summed E-state index contributed by atoms with van der Waals surface area (Å²) in [6.07, 6.45) is -4.71. The minimum Gasteiger partial charge on any atom is -0.406 e. The second-order valence-corrected chi connectivity index (χ2v) is 6.25. The molecule has 6 nitrogen and oxygen atoms in total. The maximum atomic E-state index is 12.3. The van der Waals surface area contributed by atoms with Crippen LogP contribution in [0.25, 0.3) is 0 Å². The normalized spacial score (nSPS) is 15.3. The smallest absolute Gasteiger partial charge is 0.406 e. The van der Waals surface area contributed by atoms with E-state index in [2.05, 4.69) is 4.74 Å². The summed E-state index contributed by atoms with van der Waals surface area (Å²) in [4.78, 5) is 28.8. The quantitative estimate of drug-likeness (QED) is 0.789. The Morgan fingerprint density at radius 1 is 1.08 bits per heavy atom. The zero-order valence-electron chi connectivity index (χ0n) is 14.8. The first kappa shape index (κ1) is 20.0. The van der Waals surface area contributed by atoms with Crippen LogP contribution < -0.4 is 4.74 Å². The van der Waals surface area contributed by atoms with E-state index in [0.29, 0.717) is 32.7 Å². The van der Waals surface area contributed by atoms with E-state index in [-0.39, 0.29) is 24.1 Å². The molecule has 9 heteroatoms. The van der Waals surface area contributed by atoms with Crippen molar-refractivity contribution in [2.24, 2.45) is 0 Å². The van der Waals surface area contributed by atoms with Crippen molar-refractivity contribution >= 4 is 11.8 Å². The lowest BCUT2D eigenvalue weighted by atomic mass is 10.2. The fourth-order valence-corrected chi connectivity index (χ4v) is 2.77. The molecule has 1 heterocycles. The molecule has 0 bridgehead atoms. The molecule has 1 saturated heterocycles. The summed E-state index contributed by atoms with van der Waals surface area (Å²) in [5.41, 5.74) is 0.774. The molecule has 1 aliphatic rings. The van der Waals surface area contributed by atoms with E-state index in [9.17, 15) is 22.8 Å². The molecule has 26 heavy (non-hydrogen) atoms. The molecule has 2 amide bonds. The van der Waals surface area contributed by atoms with Crippen molar-refractivity contribution in [2.45, 2.75) is 19.8 Å². The number of carbonyl (C=O) groups excluding carboxylic acids is 2. The number of hydrogen-bond acceptors (Lipinski definition) is 4. The van der Waals surface area contributed by atoms with Crippen molar-refractivity contribution in [3.05, 3.63) is 29.8 Å². The Kier molecular flexibility index (Phi) is 6.47. The molecule has 1 aromatic rings. The number of likely N-dealkylation sites (N-methyl/N-ethyl adjacent to an activating group) is 1. The number of ether oxygens (including phenoxy) is 1. The van der Waals surface area contributed by atoms with Crippen molar-refractivity contribution in [3.63, 3.8) is 0 Å². The summed E-state index contributed by atoms with van der Waals surface area (Å²) >= 11 is 0. The Morgan fingerprint density at radius 3 is 2.12 bits per heavy atom. The molecular formula is C17H22F3N3O3. The van der Waals surface area contributed by atoms with Gasteiger partial charge in [-0.2, -0.15) is 0 Å². The zero-order valence-corrected chi connectivity index (χ0v) is 14.8. The minimum absolute atomic E-state index is 0.00664. The molecule has 0 spiro atoms. The van der Waals surface area contributed by atoms with Crippen molar-refractivity contribution in [1.82, 2.24) is 14.7 Å². The zero-order chi connectivity index (χ0) is 19.3. The van der Waals surface area contributed by atoms with Crippen molar-refractivity contribution in [2.75, 3.05) is 39.8 Å². The Bertz CT molecular complexity index is 626. The Morgan fingerprint density at radius 2 is 1.62 bits per heavy atom. The molecule has 1 fully saturated rings. The van der Waals surface area contributed by atoms with Crippen LogP contribution in [0.3, 0.4) is 0 Å². The number of hydrogen-bond donors (Lipinski definition) is 0. The predicted molar refractivity (Wildman–Crippen MR) is 88.3 cm³/mol. The number of rotatable bonds is 5. The van der Waals surface area contributed by atoms with E-state index < -0.39 is 6.36 Å². The lowest BCUT2D eigenvalue weighted by Gasteiger charge is -2.35. The van der Waals surface area contributed by atoms with Gasteiger partial charge in [0.1, 0.15) is 5.75 Å². The van der Waals surface area contributed by atoms with Gasteiger partial charge >= 0.3 is 6.36 Å². The van der Waals surface area contributed by atoms with Crippen LogP contribution in [0.5, 0.6) is 5.75 Å². The summed E-state index contributed by atoms with van der Waals surface area (Å²) in [5, 5.41) is 0. The molecule has 2 rings (SSSR count). The lowest BCUT2D eigenvalue weighted by Crippen LogP contribution is -2.51. The van der Waals surface area contributed by atoms with E-state index in [1.807, 2.05) is 0 Å². The first-order valence-corrected chi connectivity index (χ1v) is 8.20. The predicted octanol–water partition coefficient (Wildman–Crippen LogP) is 1.71. The lowest BCUT2D eigenvalue weighted by molar-refractivity contribution is -0.274. The summed E-state index contributed by atoms with van der Waals surface area (Å²) < 4.78 is 40.3. The fraction of sp³-hybridized carbons (Fsp3) is 0.529. The van der Waals surface area contributed by atoms with Crippen molar-refractivity contribution in [1.29, 1.82) is 0 Å². The Balaban J connectivity index is 1.80. The molecule has 0 aromatic heterocycles. The monoisotopic (exact) mass is 373 g/mol. The van der Waals surface area contributed by atoms with Gasteiger partial charge in [0.15, 0.2) is 0 Å². The number of benzene rings is 1. The van der Waals surface area contributed by atoms with Crippen molar-refractivity contribution < 1.29 is 27.5 Å². The fourth-order valence-electron chi connectivity index (χ4n) is 2.77. The SMILES string of the molecule is CC(=O)N1CCN(C(=O)CN(C)Cc2ccc(OC(F)(F)F)cc2)CC1. The van der Waals surface area contributed by atoms with E-state index in [0.717, 1.165) is 5.56 Å². The number of carbonyl (C=O) groups is 2. The number of nitrogens with zero attached hydrogens (tertiary/aromatic N) is 3. The number of halogens is 3. The van der Waals surface area contributed by atoms with Crippen LogP contribution in [-0.2, 0) is 16.1 Å². The van der Waals surface area contributed by atoms with Crippen LogP contribution in [0.2, 0.25) is 0 Å². The van der Waals surface area contributed by atoms with Crippen LogP contribution in [0, 0.1) is 0 Å². The second-order valence-electron chi connectivity index (χ2n) is 6.25. The van der Waals surface area contributed by atoms with Crippen LogP contribution in [0.1, 0.15) is 12.5 Å². The molecule has 0 N–H and O–H groups in total. The van der Waals surface area contributed by atoms with Gasteiger partial charge in [0.2, 0.25) is 11.8 Å². The highest BCUT2D eigenvalue weighted by Crippen LogP contribution is 2.23. The van der Waals surface area contributed by atoms with Crippen LogP contribution in [0.15, 0.2) is 24.3 Å². The van der Waals surface area contributed by atoms with Crippen molar-refractivity contribution in [3.8, 4) is 5.75 Å². The van der Waals surface area contributed by atoms with Gasteiger partial charge in [-0.1, -0.05) is 12.1 Å². The van der Waals surface area contributed by atoms with Gasteiger partial charge in [-0.3, -0.25) is 14.5 Å². The van der Waals surface area contributed by atoms with Gasteiger partial charge in [0.05, 0.1) is 6.54 Å². The van der Waals surface area contributed by atoms with E-state index >= 15 is 0 Å². The molecular weight excluding hydrogens is 351 g/mol. The average Bonchev–Trinajstić information content (AvgIpc) is 2.55. The Labute approximate surface area is 150 Å². The highest BCUT2D eigenvalue weighted by molar-refractivity contribution is 5.79. The molecule has 1 aliphatic heterocycles. The maximum Gasteiger partial charge on any atom is 0.573 e. The molecule has 0 atom stereocenters. The molecule has 0 unspecified atom stereocenters. The summed E-state index contributed by atoms with van der Waals surface area (Å²) in [7, 11) is 1.77. The first-order valence-electron chi connectivity index (χ1n) is 8.20. The maximum absolute atomic E-state index is 12.3. The highest BCUT2D eigenvalue weighted by atomic mass is 19.4. The van der Waals surface area contributed by atoms with Gasteiger partial charge < -0.3 is 14.5 Å². The second kappa shape index (κ2) is 8.39.